The molecule has 2 aromatic rings. The van der Waals surface area contributed by atoms with Crippen LogP contribution >= 0.6 is 11.6 Å². The molecule has 1 aromatic heterocycles. The summed E-state index contributed by atoms with van der Waals surface area (Å²) in [5.41, 5.74) is 1.76. The van der Waals surface area contributed by atoms with Crippen molar-refractivity contribution in [2.24, 2.45) is 0 Å². The molecule has 1 heterocycles. The van der Waals surface area contributed by atoms with Crippen LogP contribution in [0.25, 0.3) is 0 Å². The van der Waals surface area contributed by atoms with E-state index >= 15 is 0 Å². The Balaban J connectivity index is 2.02. The van der Waals surface area contributed by atoms with Crippen molar-refractivity contribution in [2.75, 3.05) is 0 Å². The summed E-state index contributed by atoms with van der Waals surface area (Å²) in [5, 5.41) is 9.67. The largest absolute Gasteiger partial charge is 0.473 e. The van der Waals surface area contributed by atoms with Crippen molar-refractivity contribution in [2.45, 2.75) is 13.2 Å². The van der Waals surface area contributed by atoms with Crippen molar-refractivity contribution in [3.63, 3.8) is 0 Å². The molecule has 17 heavy (non-hydrogen) atoms. The number of nitrogens with zero attached hydrogens (tertiary/aromatic N) is 1. The molecule has 0 amide bonds. The molecule has 88 valence electrons. The van der Waals surface area contributed by atoms with Gasteiger partial charge in [0.15, 0.2) is 0 Å². The highest BCUT2D eigenvalue weighted by Gasteiger charge is 1.99. The Morgan fingerprint density at radius 1 is 1.18 bits per heavy atom. The van der Waals surface area contributed by atoms with Crippen LogP contribution in [0.15, 0.2) is 42.6 Å². The number of benzene rings is 1. The molecule has 0 bridgehead atoms. The predicted molar refractivity (Wildman–Crippen MR) is 65.9 cm³/mol. The lowest BCUT2D eigenvalue weighted by Crippen LogP contribution is -1.97. The molecule has 0 radical (unpaired) electrons. The maximum atomic E-state index is 8.98. The van der Waals surface area contributed by atoms with Gasteiger partial charge in [-0.2, -0.15) is 0 Å². The molecule has 0 unspecified atom stereocenters. The predicted octanol–water partition coefficient (Wildman–Crippen LogP) is 2.81. The minimum atomic E-state index is -0.0178. The third-order valence-electron chi connectivity index (χ3n) is 2.26. The van der Waals surface area contributed by atoms with Gasteiger partial charge in [0.05, 0.1) is 6.61 Å². The average Bonchev–Trinajstić information content (AvgIpc) is 2.37. The highest BCUT2D eigenvalue weighted by atomic mass is 35.5. The minimum Gasteiger partial charge on any atom is -0.473 e. The summed E-state index contributed by atoms with van der Waals surface area (Å²) in [6, 6.07) is 10.9. The van der Waals surface area contributed by atoms with Gasteiger partial charge in [0, 0.05) is 17.3 Å². The number of rotatable bonds is 4. The standard InChI is InChI=1S/C13H12ClNO2/c14-12-3-1-2-11(6-12)9-17-13-7-10(8-16)4-5-15-13/h1-7,16H,8-9H2. The van der Waals surface area contributed by atoms with E-state index in [1.807, 2.05) is 24.3 Å². The molecule has 0 atom stereocenters. The zero-order valence-corrected chi connectivity index (χ0v) is 9.89. The molecule has 2 rings (SSSR count). The summed E-state index contributed by atoms with van der Waals surface area (Å²) in [7, 11) is 0. The quantitative estimate of drug-likeness (QED) is 0.906. The number of aromatic nitrogens is 1. The van der Waals surface area contributed by atoms with Gasteiger partial charge in [-0.1, -0.05) is 23.7 Å². The fraction of sp³-hybridized carbons (Fsp3) is 0.154. The van der Waals surface area contributed by atoms with Crippen LogP contribution in [0.4, 0.5) is 0 Å². The van der Waals surface area contributed by atoms with E-state index in [1.54, 1.807) is 18.3 Å². The maximum Gasteiger partial charge on any atom is 0.213 e. The number of pyridine rings is 1. The second-order valence-electron chi connectivity index (χ2n) is 3.58. The molecular formula is C13H12ClNO2. The zero-order chi connectivity index (χ0) is 12.1. The van der Waals surface area contributed by atoms with Crippen molar-refractivity contribution >= 4 is 11.6 Å². The fourth-order valence-corrected chi connectivity index (χ4v) is 1.62. The van der Waals surface area contributed by atoms with Crippen LogP contribution in [0.3, 0.4) is 0 Å². The molecule has 3 nitrogen and oxygen atoms in total. The third kappa shape index (κ3) is 3.44. The molecule has 0 saturated carbocycles. The number of halogens is 1. The number of hydrogen-bond acceptors (Lipinski definition) is 3. The molecule has 1 N–H and O–H groups in total. The Morgan fingerprint density at radius 2 is 2.06 bits per heavy atom. The Morgan fingerprint density at radius 3 is 2.82 bits per heavy atom. The minimum absolute atomic E-state index is 0.0178. The van der Waals surface area contributed by atoms with Crippen LogP contribution in [-0.4, -0.2) is 10.1 Å². The van der Waals surface area contributed by atoms with Crippen molar-refractivity contribution in [3.8, 4) is 5.88 Å². The Kier molecular flexibility index (Phi) is 3.96. The number of aliphatic hydroxyl groups excluding tert-OH is 1. The van der Waals surface area contributed by atoms with E-state index in [1.165, 1.54) is 0 Å². The zero-order valence-electron chi connectivity index (χ0n) is 9.14. The normalized spacial score (nSPS) is 10.2. The van der Waals surface area contributed by atoms with Crippen LogP contribution in [0.5, 0.6) is 5.88 Å². The van der Waals surface area contributed by atoms with E-state index in [2.05, 4.69) is 4.98 Å². The number of hydrogen-bond donors (Lipinski definition) is 1. The Hall–Kier alpha value is -1.58. The summed E-state index contributed by atoms with van der Waals surface area (Å²) in [5.74, 6) is 0.497. The van der Waals surface area contributed by atoms with Gasteiger partial charge < -0.3 is 9.84 Å². The van der Waals surface area contributed by atoms with Gasteiger partial charge >= 0.3 is 0 Å². The van der Waals surface area contributed by atoms with Crippen molar-refractivity contribution in [1.29, 1.82) is 0 Å². The first-order chi connectivity index (χ1) is 8.28. The van der Waals surface area contributed by atoms with Crippen LogP contribution < -0.4 is 4.74 Å². The van der Waals surface area contributed by atoms with Crippen molar-refractivity contribution < 1.29 is 9.84 Å². The molecule has 0 aliphatic rings. The van der Waals surface area contributed by atoms with Gasteiger partial charge in [-0.25, -0.2) is 4.98 Å². The number of aliphatic hydroxyl groups is 1. The lowest BCUT2D eigenvalue weighted by atomic mass is 10.2. The summed E-state index contributed by atoms with van der Waals surface area (Å²) < 4.78 is 5.51. The topological polar surface area (TPSA) is 42.4 Å². The van der Waals surface area contributed by atoms with E-state index in [4.69, 9.17) is 21.4 Å². The molecule has 0 fully saturated rings. The van der Waals surface area contributed by atoms with E-state index in [9.17, 15) is 0 Å². The number of ether oxygens (including phenoxy) is 1. The van der Waals surface area contributed by atoms with Crippen LogP contribution in [-0.2, 0) is 13.2 Å². The van der Waals surface area contributed by atoms with Gasteiger partial charge in [0.1, 0.15) is 6.61 Å². The lowest BCUT2D eigenvalue weighted by Gasteiger charge is -2.06. The van der Waals surface area contributed by atoms with Gasteiger partial charge in [0.25, 0.3) is 0 Å². The summed E-state index contributed by atoms with van der Waals surface area (Å²) in [4.78, 5) is 4.06. The SMILES string of the molecule is OCc1ccnc(OCc2cccc(Cl)c2)c1. The second-order valence-corrected chi connectivity index (χ2v) is 4.02. The van der Waals surface area contributed by atoms with Crippen LogP contribution in [0.1, 0.15) is 11.1 Å². The van der Waals surface area contributed by atoms with E-state index in [0.29, 0.717) is 17.5 Å². The molecular weight excluding hydrogens is 238 g/mol. The Bertz CT molecular complexity index is 502. The highest BCUT2D eigenvalue weighted by Crippen LogP contribution is 2.14. The third-order valence-corrected chi connectivity index (χ3v) is 2.49. The van der Waals surface area contributed by atoms with Gasteiger partial charge in [-0.15, -0.1) is 0 Å². The van der Waals surface area contributed by atoms with Crippen LogP contribution in [0.2, 0.25) is 5.02 Å². The fourth-order valence-electron chi connectivity index (χ4n) is 1.41. The smallest absolute Gasteiger partial charge is 0.213 e. The molecule has 0 aliphatic carbocycles. The molecule has 0 aliphatic heterocycles. The first-order valence-electron chi connectivity index (χ1n) is 5.21. The summed E-state index contributed by atoms with van der Waals surface area (Å²) in [6.45, 7) is 0.387. The Labute approximate surface area is 105 Å². The van der Waals surface area contributed by atoms with Crippen molar-refractivity contribution in [3.05, 3.63) is 58.7 Å². The first kappa shape index (κ1) is 11.9. The van der Waals surface area contributed by atoms with Gasteiger partial charge in [0.2, 0.25) is 5.88 Å². The molecule has 0 saturated heterocycles. The maximum absolute atomic E-state index is 8.98. The van der Waals surface area contributed by atoms with Crippen LogP contribution in [0, 0.1) is 0 Å². The summed E-state index contributed by atoms with van der Waals surface area (Å²) in [6.07, 6.45) is 1.61. The van der Waals surface area contributed by atoms with E-state index < -0.39 is 0 Å². The van der Waals surface area contributed by atoms with Gasteiger partial charge in [-0.3, -0.25) is 0 Å². The lowest BCUT2D eigenvalue weighted by molar-refractivity contribution is 0.275. The van der Waals surface area contributed by atoms with E-state index in [0.717, 1.165) is 11.1 Å². The summed E-state index contributed by atoms with van der Waals surface area (Å²) >= 11 is 5.87. The molecule has 4 heteroatoms. The second kappa shape index (κ2) is 5.66. The first-order valence-corrected chi connectivity index (χ1v) is 5.59. The average molecular weight is 250 g/mol. The molecule has 1 aromatic carbocycles. The van der Waals surface area contributed by atoms with Crippen molar-refractivity contribution in [1.82, 2.24) is 4.98 Å². The monoisotopic (exact) mass is 249 g/mol. The molecule has 0 spiro atoms. The van der Waals surface area contributed by atoms with Gasteiger partial charge in [-0.05, 0) is 29.3 Å². The highest BCUT2D eigenvalue weighted by molar-refractivity contribution is 6.30. The van der Waals surface area contributed by atoms with E-state index in [-0.39, 0.29) is 6.61 Å².